The lowest BCUT2D eigenvalue weighted by molar-refractivity contribution is -0.137. The number of hydrogen-bond acceptors (Lipinski definition) is 3. The van der Waals surface area contributed by atoms with Gasteiger partial charge in [-0.2, -0.15) is 18.4 Å². The van der Waals surface area contributed by atoms with Crippen molar-refractivity contribution < 1.29 is 13.2 Å². The minimum absolute atomic E-state index is 0.180. The van der Waals surface area contributed by atoms with E-state index >= 15 is 0 Å². The Labute approximate surface area is 121 Å². The molecular formula is C15H16F3N3. The second-order valence-electron chi connectivity index (χ2n) is 5.73. The SMILES string of the molecule is N#Cc1ccc(NC2CCN(C3CC3)C2)cc1C(F)(F)F. The zero-order chi connectivity index (χ0) is 15.0. The molecular weight excluding hydrogens is 279 g/mol. The van der Waals surface area contributed by atoms with Crippen LogP contribution in [-0.4, -0.2) is 30.1 Å². The van der Waals surface area contributed by atoms with Crippen LogP contribution in [0.4, 0.5) is 18.9 Å². The molecule has 1 atom stereocenters. The van der Waals surface area contributed by atoms with E-state index < -0.39 is 11.7 Å². The summed E-state index contributed by atoms with van der Waals surface area (Å²) in [5, 5.41) is 11.9. The molecule has 0 amide bonds. The standard InChI is InChI=1S/C15H16F3N3/c16-15(17,18)14-7-11(2-1-10(14)8-19)20-12-5-6-21(9-12)13-3-4-13/h1-2,7,12-13,20H,3-6,9H2. The summed E-state index contributed by atoms with van der Waals surface area (Å²) in [6.07, 6.45) is -1.08. The number of nitriles is 1. The molecule has 3 nitrogen and oxygen atoms in total. The van der Waals surface area contributed by atoms with Gasteiger partial charge in [-0.3, -0.25) is 4.90 Å². The molecule has 1 aliphatic heterocycles. The average molecular weight is 295 g/mol. The number of anilines is 1. The summed E-state index contributed by atoms with van der Waals surface area (Å²) >= 11 is 0. The molecule has 1 saturated heterocycles. The van der Waals surface area contributed by atoms with Crippen molar-refractivity contribution in [1.82, 2.24) is 4.90 Å². The Morgan fingerprint density at radius 2 is 2.00 bits per heavy atom. The van der Waals surface area contributed by atoms with Gasteiger partial charge in [0, 0.05) is 30.9 Å². The van der Waals surface area contributed by atoms with E-state index in [0.29, 0.717) is 11.7 Å². The first-order valence-electron chi connectivity index (χ1n) is 7.09. The van der Waals surface area contributed by atoms with E-state index in [4.69, 9.17) is 5.26 Å². The van der Waals surface area contributed by atoms with Crippen LogP contribution in [0, 0.1) is 11.3 Å². The molecule has 1 aromatic carbocycles. The highest BCUT2D eigenvalue weighted by Gasteiger charge is 2.36. The number of nitrogens with one attached hydrogen (secondary N) is 1. The Morgan fingerprint density at radius 1 is 1.24 bits per heavy atom. The Hall–Kier alpha value is -1.74. The third kappa shape index (κ3) is 3.13. The molecule has 1 aromatic rings. The average Bonchev–Trinajstić information content (AvgIpc) is 3.19. The van der Waals surface area contributed by atoms with Crippen molar-refractivity contribution in [3.05, 3.63) is 29.3 Å². The number of hydrogen-bond donors (Lipinski definition) is 1. The van der Waals surface area contributed by atoms with E-state index in [2.05, 4.69) is 10.2 Å². The van der Waals surface area contributed by atoms with Crippen LogP contribution in [0.15, 0.2) is 18.2 Å². The summed E-state index contributed by atoms with van der Waals surface area (Å²) in [5.74, 6) is 0. The molecule has 1 N–H and O–H groups in total. The Morgan fingerprint density at radius 3 is 2.62 bits per heavy atom. The molecule has 0 radical (unpaired) electrons. The monoisotopic (exact) mass is 295 g/mol. The van der Waals surface area contributed by atoms with Crippen LogP contribution in [0.1, 0.15) is 30.4 Å². The van der Waals surface area contributed by atoms with E-state index in [0.717, 1.165) is 25.6 Å². The summed E-state index contributed by atoms with van der Waals surface area (Å²) in [4.78, 5) is 2.39. The molecule has 112 valence electrons. The van der Waals surface area contributed by atoms with Gasteiger partial charge < -0.3 is 5.32 Å². The lowest BCUT2D eigenvalue weighted by Crippen LogP contribution is -2.27. The molecule has 0 bridgehead atoms. The molecule has 0 aromatic heterocycles. The smallest absolute Gasteiger partial charge is 0.381 e. The predicted molar refractivity (Wildman–Crippen MR) is 72.8 cm³/mol. The van der Waals surface area contributed by atoms with Gasteiger partial charge in [0.15, 0.2) is 0 Å². The predicted octanol–water partition coefficient (Wildman–Crippen LogP) is 3.23. The largest absolute Gasteiger partial charge is 0.417 e. The first-order chi connectivity index (χ1) is 9.97. The highest BCUT2D eigenvalue weighted by Crippen LogP contribution is 2.34. The minimum Gasteiger partial charge on any atom is -0.381 e. The molecule has 1 unspecified atom stereocenters. The topological polar surface area (TPSA) is 39.1 Å². The fourth-order valence-electron chi connectivity index (χ4n) is 2.88. The van der Waals surface area contributed by atoms with Crippen molar-refractivity contribution in [2.24, 2.45) is 0 Å². The maximum Gasteiger partial charge on any atom is 0.417 e. The molecule has 1 heterocycles. The Bertz CT molecular complexity index is 573. The van der Waals surface area contributed by atoms with E-state index in [1.165, 1.54) is 18.9 Å². The van der Waals surface area contributed by atoms with Crippen LogP contribution in [0.25, 0.3) is 0 Å². The fourth-order valence-corrected chi connectivity index (χ4v) is 2.88. The van der Waals surface area contributed by atoms with Crippen LogP contribution in [0.3, 0.4) is 0 Å². The van der Waals surface area contributed by atoms with Crippen molar-refractivity contribution in [2.45, 2.75) is 37.5 Å². The van der Waals surface area contributed by atoms with E-state index in [1.54, 1.807) is 12.1 Å². The summed E-state index contributed by atoms with van der Waals surface area (Å²) in [5.41, 5.74) is -0.768. The number of benzene rings is 1. The molecule has 2 aliphatic rings. The first kappa shape index (κ1) is 14.2. The Balaban J connectivity index is 1.72. The van der Waals surface area contributed by atoms with Crippen molar-refractivity contribution >= 4 is 5.69 Å². The molecule has 0 spiro atoms. The first-order valence-corrected chi connectivity index (χ1v) is 7.09. The zero-order valence-electron chi connectivity index (χ0n) is 11.5. The van der Waals surface area contributed by atoms with Gasteiger partial charge in [-0.15, -0.1) is 0 Å². The van der Waals surface area contributed by atoms with Gasteiger partial charge in [0.25, 0.3) is 0 Å². The van der Waals surface area contributed by atoms with Gasteiger partial charge >= 0.3 is 6.18 Å². The molecule has 2 fully saturated rings. The van der Waals surface area contributed by atoms with Gasteiger partial charge in [0.05, 0.1) is 17.2 Å². The summed E-state index contributed by atoms with van der Waals surface area (Å²) in [6, 6.07) is 6.29. The molecule has 3 rings (SSSR count). The van der Waals surface area contributed by atoms with E-state index in [-0.39, 0.29) is 11.6 Å². The molecule has 1 saturated carbocycles. The number of alkyl halides is 3. The lowest BCUT2D eigenvalue weighted by Gasteiger charge is -2.18. The van der Waals surface area contributed by atoms with Crippen molar-refractivity contribution in [1.29, 1.82) is 5.26 Å². The van der Waals surface area contributed by atoms with Crippen LogP contribution in [-0.2, 0) is 6.18 Å². The van der Waals surface area contributed by atoms with Crippen molar-refractivity contribution in [3.63, 3.8) is 0 Å². The fraction of sp³-hybridized carbons (Fsp3) is 0.533. The number of likely N-dealkylation sites (tertiary alicyclic amines) is 1. The second kappa shape index (κ2) is 5.23. The minimum atomic E-state index is -4.50. The summed E-state index contributed by atoms with van der Waals surface area (Å²) < 4.78 is 38.8. The normalized spacial score (nSPS) is 23.0. The van der Waals surface area contributed by atoms with Crippen LogP contribution in [0.2, 0.25) is 0 Å². The number of nitrogens with zero attached hydrogens (tertiary/aromatic N) is 2. The summed E-state index contributed by atoms with van der Waals surface area (Å²) in [7, 11) is 0. The third-order valence-electron chi connectivity index (χ3n) is 4.10. The molecule has 1 aliphatic carbocycles. The van der Waals surface area contributed by atoms with Gasteiger partial charge in [-0.1, -0.05) is 0 Å². The highest BCUT2D eigenvalue weighted by molar-refractivity contribution is 5.53. The van der Waals surface area contributed by atoms with Gasteiger partial charge in [-0.25, -0.2) is 0 Å². The van der Waals surface area contributed by atoms with Crippen LogP contribution in [0.5, 0.6) is 0 Å². The third-order valence-corrected chi connectivity index (χ3v) is 4.10. The van der Waals surface area contributed by atoms with Gasteiger partial charge in [0.1, 0.15) is 0 Å². The van der Waals surface area contributed by atoms with E-state index in [1.807, 2.05) is 0 Å². The van der Waals surface area contributed by atoms with Crippen LogP contribution >= 0.6 is 0 Å². The number of rotatable bonds is 3. The number of halogens is 3. The Kier molecular flexibility index (Phi) is 3.54. The maximum atomic E-state index is 12.9. The van der Waals surface area contributed by atoms with Gasteiger partial charge in [0.2, 0.25) is 0 Å². The molecule has 21 heavy (non-hydrogen) atoms. The summed E-state index contributed by atoms with van der Waals surface area (Å²) in [6.45, 7) is 1.89. The zero-order valence-corrected chi connectivity index (χ0v) is 11.5. The van der Waals surface area contributed by atoms with Crippen molar-refractivity contribution in [3.8, 4) is 6.07 Å². The molecule has 6 heteroatoms. The quantitative estimate of drug-likeness (QED) is 0.930. The van der Waals surface area contributed by atoms with Crippen molar-refractivity contribution in [2.75, 3.05) is 18.4 Å². The lowest BCUT2D eigenvalue weighted by atomic mass is 10.1. The van der Waals surface area contributed by atoms with Crippen LogP contribution < -0.4 is 5.32 Å². The maximum absolute atomic E-state index is 12.9. The van der Waals surface area contributed by atoms with E-state index in [9.17, 15) is 13.2 Å². The highest BCUT2D eigenvalue weighted by atomic mass is 19.4. The van der Waals surface area contributed by atoms with Gasteiger partial charge in [-0.05, 0) is 37.5 Å². The second-order valence-corrected chi connectivity index (χ2v) is 5.73.